The highest BCUT2D eigenvalue weighted by Crippen LogP contribution is 2.39. The molecule has 2 amide bonds. The number of likely N-dealkylation sites (N-methyl/N-ethyl adjacent to an activating group) is 1. The number of piperazine rings is 1. The van der Waals surface area contributed by atoms with Crippen molar-refractivity contribution >= 4 is 56.4 Å². The Bertz CT molecular complexity index is 2490. The fourth-order valence-corrected chi connectivity index (χ4v) is 7.24. The molecule has 0 radical (unpaired) electrons. The summed E-state index contributed by atoms with van der Waals surface area (Å²) in [6.07, 6.45) is 4.71. The van der Waals surface area contributed by atoms with Gasteiger partial charge >= 0.3 is 0 Å². The van der Waals surface area contributed by atoms with Gasteiger partial charge in [-0.05, 0) is 55.3 Å². The Morgan fingerprint density at radius 1 is 0.694 bits per heavy atom. The molecular formula is C47H57N9O6. The third-order valence-electron chi connectivity index (χ3n) is 10.6. The number of rotatable bonds is 18. The first-order valence-electron chi connectivity index (χ1n) is 20.8. The van der Waals surface area contributed by atoms with Crippen LogP contribution >= 0.6 is 0 Å². The van der Waals surface area contributed by atoms with Gasteiger partial charge in [-0.15, -0.1) is 0 Å². The van der Waals surface area contributed by atoms with Gasteiger partial charge in [0.2, 0.25) is 0 Å². The molecular weight excluding hydrogens is 787 g/mol. The van der Waals surface area contributed by atoms with Crippen LogP contribution in [-0.2, 0) is 12.8 Å². The first-order chi connectivity index (χ1) is 30.2. The Hall–Kier alpha value is -6.68. The molecule has 4 aromatic carbocycles. The van der Waals surface area contributed by atoms with E-state index >= 15 is 0 Å². The number of fused-ring (bicyclic) bond motifs is 2. The molecule has 15 nitrogen and oxygen atoms in total. The van der Waals surface area contributed by atoms with Gasteiger partial charge in [0, 0.05) is 85.9 Å². The first kappa shape index (κ1) is 44.9. The lowest BCUT2D eigenvalue weighted by Gasteiger charge is -2.27. The van der Waals surface area contributed by atoms with Crippen LogP contribution in [0.15, 0.2) is 85.2 Å². The number of aromatic nitrogens is 2. The van der Waals surface area contributed by atoms with Crippen LogP contribution in [0.4, 0.5) is 22.7 Å². The molecule has 0 spiro atoms. The largest absolute Gasteiger partial charge is 0.493 e. The zero-order valence-electron chi connectivity index (χ0n) is 36.1. The van der Waals surface area contributed by atoms with Gasteiger partial charge in [-0.3, -0.25) is 24.5 Å². The summed E-state index contributed by atoms with van der Waals surface area (Å²) in [6.45, 7) is 10.8. The van der Waals surface area contributed by atoms with Crippen LogP contribution in [0.5, 0.6) is 23.0 Å². The molecule has 1 saturated heterocycles. The van der Waals surface area contributed by atoms with Crippen molar-refractivity contribution in [3.05, 3.63) is 107 Å². The minimum atomic E-state index is -0.552. The van der Waals surface area contributed by atoms with Crippen molar-refractivity contribution in [2.24, 2.45) is 11.5 Å². The molecule has 1 aliphatic rings. The molecule has 7 rings (SSSR count). The lowest BCUT2D eigenvalue weighted by atomic mass is 10.1. The maximum Gasteiger partial charge on any atom is 0.252 e. The Morgan fingerprint density at radius 2 is 1.16 bits per heavy atom. The maximum absolute atomic E-state index is 12.2. The van der Waals surface area contributed by atoms with Gasteiger partial charge in [0.1, 0.15) is 13.2 Å². The number of hydrogen-bond donors (Lipinski definition) is 6. The Balaban J connectivity index is 0.000000209. The van der Waals surface area contributed by atoms with Crippen molar-refractivity contribution in [1.29, 1.82) is 0 Å². The number of anilines is 4. The van der Waals surface area contributed by atoms with Gasteiger partial charge in [-0.2, -0.15) is 0 Å². The quantitative estimate of drug-likeness (QED) is 0.0537. The molecule has 326 valence electrons. The number of amides is 2. The van der Waals surface area contributed by atoms with Crippen molar-refractivity contribution in [1.82, 2.24) is 25.5 Å². The lowest BCUT2D eigenvalue weighted by molar-refractivity contribution is 0.0992. The van der Waals surface area contributed by atoms with Crippen molar-refractivity contribution in [3.8, 4) is 23.0 Å². The first-order valence-corrected chi connectivity index (χ1v) is 20.8. The van der Waals surface area contributed by atoms with Gasteiger partial charge in [-0.25, -0.2) is 0 Å². The summed E-state index contributed by atoms with van der Waals surface area (Å²) < 4.78 is 23.0. The highest BCUT2D eigenvalue weighted by Gasteiger charge is 2.20. The molecule has 0 unspecified atom stereocenters. The minimum Gasteiger partial charge on any atom is -0.493 e. The maximum atomic E-state index is 12.2. The number of methoxy groups -OCH3 is 2. The molecule has 15 heteroatoms. The van der Waals surface area contributed by atoms with Gasteiger partial charge < -0.3 is 51.7 Å². The summed E-state index contributed by atoms with van der Waals surface area (Å²) >= 11 is 0. The number of carbonyl (C=O) groups is 2. The van der Waals surface area contributed by atoms with Gasteiger partial charge in [0.15, 0.2) is 23.0 Å². The van der Waals surface area contributed by atoms with Crippen LogP contribution in [0, 0.1) is 0 Å². The second-order valence-electron chi connectivity index (χ2n) is 14.5. The van der Waals surface area contributed by atoms with E-state index in [1.807, 2.05) is 73.8 Å². The fourth-order valence-electron chi connectivity index (χ4n) is 7.24. The molecule has 8 N–H and O–H groups in total. The second kappa shape index (κ2) is 21.7. The Morgan fingerprint density at radius 3 is 1.60 bits per heavy atom. The van der Waals surface area contributed by atoms with Crippen molar-refractivity contribution < 1.29 is 28.5 Å². The number of pyridine rings is 2. The topological polar surface area (TPSA) is 200 Å². The average Bonchev–Trinajstić information content (AvgIpc) is 3.29. The van der Waals surface area contributed by atoms with Crippen molar-refractivity contribution in [3.63, 3.8) is 0 Å². The number of nitrogens with zero attached hydrogens (tertiary/aromatic N) is 3. The van der Waals surface area contributed by atoms with E-state index in [-0.39, 0.29) is 0 Å². The Labute approximate surface area is 362 Å². The van der Waals surface area contributed by atoms with Crippen LogP contribution in [0.1, 0.15) is 45.7 Å². The lowest BCUT2D eigenvalue weighted by Crippen LogP contribution is -2.44. The van der Waals surface area contributed by atoms with Crippen LogP contribution in [0.25, 0.3) is 21.8 Å². The van der Waals surface area contributed by atoms with E-state index in [0.717, 1.165) is 78.8 Å². The van der Waals surface area contributed by atoms with E-state index in [0.29, 0.717) is 76.3 Å². The standard InChI is InChI=1S/C25H31N5O3.C22H26N4O3/c1-3-17-6-4-5-7-20(17)29-24-18-14-22(32-2)23(15-21(18)28-16-19(24)25(26)31)33-13-12-30-10-8-27-9-11-30;1-4-14-7-5-6-8-17(14)26-21-15-11-19(28-3)20(29-10-9-24-2)12-18(15)25-13-16(21)22(23)27/h4-7,14-16,27H,3,8-13H2,1-2H3,(H2,26,31)(H,28,29);5-8,11-13,24H,4,9-10H2,1-3H3,(H2,23,27)(H,25,26). The molecule has 0 aliphatic carbocycles. The highest BCUT2D eigenvalue weighted by molar-refractivity contribution is 6.09. The summed E-state index contributed by atoms with van der Waals surface area (Å²) in [6, 6.07) is 23.3. The smallest absolute Gasteiger partial charge is 0.252 e. The van der Waals surface area contributed by atoms with Gasteiger partial charge in [0.25, 0.3) is 11.8 Å². The Kier molecular flexibility index (Phi) is 15.7. The van der Waals surface area contributed by atoms with Gasteiger partial charge in [-0.1, -0.05) is 50.2 Å². The zero-order chi connectivity index (χ0) is 44.0. The number of nitrogens with two attached hydrogens (primary N) is 2. The van der Waals surface area contributed by atoms with E-state index < -0.39 is 11.8 Å². The number of benzene rings is 4. The van der Waals surface area contributed by atoms with E-state index in [4.69, 9.17) is 30.4 Å². The van der Waals surface area contributed by atoms with Gasteiger partial charge in [0.05, 0.1) is 47.8 Å². The third-order valence-corrected chi connectivity index (χ3v) is 10.6. The monoisotopic (exact) mass is 843 g/mol. The molecule has 0 atom stereocenters. The predicted molar refractivity (Wildman–Crippen MR) is 246 cm³/mol. The average molecular weight is 844 g/mol. The summed E-state index contributed by atoms with van der Waals surface area (Å²) in [4.78, 5) is 35.6. The van der Waals surface area contributed by atoms with Crippen LogP contribution in [0.3, 0.4) is 0 Å². The number of aryl methyl sites for hydroxylation is 2. The molecule has 3 heterocycles. The summed E-state index contributed by atoms with van der Waals surface area (Å²) in [5.74, 6) is 1.26. The molecule has 1 aliphatic heterocycles. The van der Waals surface area contributed by atoms with Crippen molar-refractivity contribution in [2.75, 3.05) is 84.4 Å². The number of primary amides is 2. The third kappa shape index (κ3) is 10.8. The normalized spacial score (nSPS) is 12.6. The van der Waals surface area contributed by atoms with Crippen LogP contribution in [-0.4, -0.2) is 100 Å². The summed E-state index contributed by atoms with van der Waals surface area (Å²) in [5.41, 5.74) is 18.6. The molecule has 0 saturated carbocycles. The predicted octanol–water partition coefficient (Wildman–Crippen LogP) is 6.18. The fraction of sp³-hybridized carbons (Fsp3) is 0.319. The number of hydrogen-bond acceptors (Lipinski definition) is 13. The molecule has 2 aromatic heterocycles. The molecule has 0 bridgehead atoms. The zero-order valence-corrected chi connectivity index (χ0v) is 36.1. The number of nitrogens with one attached hydrogen (secondary N) is 4. The molecule has 62 heavy (non-hydrogen) atoms. The number of ether oxygens (including phenoxy) is 4. The van der Waals surface area contributed by atoms with Crippen LogP contribution in [0.2, 0.25) is 0 Å². The molecule has 6 aromatic rings. The number of para-hydroxylation sites is 2. The summed E-state index contributed by atoms with van der Waals surface area (Å²) in [5, 5.41) is 14.7. The van der Waals surface area contributed by atoms with E-state index in [1.165, 1.54) is 12.4 Å². The van der Waals surface area contributed by atoms with Crippen molar-refractivity contribution in [2.45, 2.75) is 26.7 Å². The molecule has 1 fully saturated rings. The van der Waals surface area contributed by atoms with E-state index in [2.05, 4.69) is 56.0 Å². The minimum absolute atomic E-state index is 0.314. The second-order valence-corrected chi connectivity index (χ2v) is 14.5. The van der Waals surface area contributed by atoms with E-state index in [1.54, 1.807) is 14.2 Å². The SMILES string of the molecule is CCc1ccccc1Nc1c(C(N)=O)cnc2cc(OCCN3CCNCC3)c(OC)cc12.CCc1ccccc1Nc1c(C(N)=O)cnc2cc(OCCNC)c(OC)cc12. The summed E-state index contributed by atoms with van der Waals surface area (Å²) in [7, 11) is 5.05. The van der Waals surface area contributed by atoms with Crippen LogP contribution < -0.4 is 51.7 Å². The van der Waals surface area contributed by atoms with E-state index in [9.17, 15) is 9.59 Å². The number of carbonyl (C=O) groups excluding carboxylic acids is 2. The highest BCUT2D eigenvalue weighted by atomic mass is 16.5.